The third kappa shape index (κ3) is 7.58. The van der Waals surface area contributed by atoms with Gasteiger partial charge >= 0.3 is 18.2 Å². The molecule has 2 aromatic rings. The zero-order valence-corrected chi connectivity index (χ0v) is 27.5. The smallest absolute Gasteiger partial charge is 0.397 e. The molecule has 11 nitrogen and oxygen atoms in total. The number of likely N-dealkylation sites (tertiary alicyclic amines) is 2. The number of piperazine rings is 1. The molecule has 1 aromatic carbocycles. The monoisotopic (exact) mass is 696 g/mol. The van der Waals surface area contributed by atoms with Gasteiger partial charge in [-0.15, -0.1) is 11.3 Å². The summed E-state index contributed by atoms with van der Waals surface area (Å²) in [4.78, 5) is 48.9. The van der Waals surface area contributed by atoms with Crippen molar-refractivity contribution in [3.63, 3.8) is 0 Å². The summed E-state index contributed by atoms with van der Waals surface area (Å²) in [6.07, 6.45) is -2.24. The first kappa shape index (κ1) is 33.6. The van der Waals surface area contributed by atoms with Gasteiger partial charge in [-0.05, 0) is 54.8 Å². The molecule has 1 aromatic heterocycles. The molecule has 1 atom stereocenters. The number of amides is 5. The molecule has 47 heavy (non-hydrogen) atoms. The van der Waals surface area contributed by atoms with Gasteiger partial charge < -0.3 is 36.4 Å². The normalized spacial score (nSPS) is 20.9. The Labute approximate surface area is 280 Å². The fraction of sp³-hybridized carbons (Fsp3) is 0.581. The molecule has 6 rings (SSSR count). The lowest BCUT2D eigenvalue weighted by Gasteiger charge is -2.41. The molecule has 5 amide bonds. The van der Waals surface area contributed by atoms with Crippen molar-refractivity contribution in [1.29, 1.82) is 0 Å². The largest absolute Gasteiger partial charge is 0.418 e. The minimum absolute atomic E-state index is 0.0542. The number of fused-ring (bicyclic) bond motifs is 1. The van der Waals surface area contributed by atoms with Crippen molar-refractivity contribution in [2.45, 2.75) is 63.0 Å². The number of urea groups is 2. The third-order valence-corrected chi connectivity index (χ3v) is 10.9. The van der Waals surface area contributed by atoms with Crippen LogP contribution < -0.4 is 21.7 Å². The van der Waals surface area contributed by atoms with E-state index in [4.69, 9.17) is 17.3 Å². The number of carbonyl (C=O) groups excluding carboxylic acids is 3. The SMILES string of the molecule is Nc1c(Cl)cc(C[C@@H](NC(=O)N2CCC(N3Cc4sccc4NC3=O)CC2)C(=O)N2CCC(N3CCNCC3)CC2)cc1C(F)(F)F. The van der Waals surface area contributed by atoms with Crippen LogP contribution in [0.2, 0.25) is 5.02 Å². The lowest BCUT2D eigenvalue weighted by Crippen LogP contribution is -2.58. The lowest BCUT2D eigenvalue weighted by molar-refractivity contribution is -0.137. The summed E-state index contributed by atoms with van der Waals surface area (Å²) in [6.45, 7) is 5.97. The van der Waals surface area contributed by atoms with Crippen molar-refractivity contribution >= 4 is 52.3 Å². The fourth-order valence-electron chi connectivity index (χ4n) is 7.09. The molecular weight excluding hydrogens is 657 g/mol. The van der Waals surface area contributed by atoms with Gasteiger partial charge in [-0.3, -0.25) is 9.69 Å². The second kappa shape index (κ2) is 14.1. The maximum absolute atomic E-state index is 13.9. The second-order valence-corrected chi connectivity index (χ2v) is 14.0. The fourth-order valence-corrected chi connectivity index (χ4v) is 8.16. The highest BCUT2D eigenvalue weighted by Crippen LogP contribution is 2.38. The standard InChI is InChI=1S/C31H40ClF3N8O3S/c32-23-16-19(15-22(27(23)36)31(33,34)35)17-25(28(44)41-8-1-20(2-9-41)40-12-6-37-7-13-40)39-29(45)42-10-3-21(4-11-42)43-18-26-24(5-14-47-26)38-30(43)46/h5,14-16,20-21,25,37H,1-4,6-13,17-18,36H2,(H,38,46)(H,39,45)/t25-/m1/s1. The number of benzene rings is 1. The molecule has 5 heterocycles. The zero-order chi connectivity index (χ0) is 33.3. The number of nitrogen functional groups attached to an aromatic ring is 1. The number of nitrogens with zero attached hydrogens (tertiary/aromatic N) is 4. The molecule has 0 aliphatic carbocycles. The van der Waals surface area contributed by atoms with Crippen LogP contribution >= 0.6 is 22.9 Å². The first-order chi connectivity index (χ1) is 22.5. The van der Waals surface area contributed by atoms with Gasteiger partial charge in [0.2, 0.25) is 5.91 Å². The van der Waals surface area contributed by atoms with Crippen LogP contribution in [0.4, 0.5) is 34.1 Å². The quantitative estimate of drug-likeness (QED) is 0.338. The number of rotatable bonds is 6. The highest BCUT2D eigenvalue weighted by Gasteiger charge is 2.38. The molecule has 16 heteroatoms. The average Bonchev–Trinajstić information content (AvgIpc) is 3.52. The third-order valence-electron chi connectivity index (χ3n) is 9.73. The summed E-state index contributed by atoms with van der Waals surface area (Å²) in [5.41, 5.74) is 4.98. The molecule has 0 unspecified atom stereocenters. The number of nitrogens with two attached hydrogens (primary N) is 1. The topological polar surface area (TPSA) is 126 Å². The van der Waals surface area contributed by atoms with Crippen LogP contribution in [-0.2, 0) is 23.9 Å². The van der Waals surface area contributed by atoms with Gasteiger partial charge in [-0.1, -0.05) is 11.6 Å². The van der Waals surface area contributed by atoms with E-state index >= 15 is 0 Å². The van der Waals surface area contributed by atoms with Gasteiger partial charge in [0.25, 0.3) is 0 Å². The van der Waals surface area contributed by atoms with Gasteiger partial charge in [-0.2, -0.15) is 13.2 Å². The molecule has 0 radical (unpaired) electrons. The Bertz CT molecular complexity index is 1470. The molecule has 0 bridgehead atoms. The van der Waals surface area contributed by atoms with Crippen molar-refractivity contribution in [1.82, 2.24) is 30.2 Å². The Morgan fingerprint density at radius 1 is 1.02 bits per heavy atom. The van der Waals surface area contributed by atoms with Gasteiger partial charge in [0.1, 0.15) is 6.04 Å². The van der Waals surface area contributed by atoms with Gasteiger partial charge in [0.15, 0.2) is 0 Å². The summed E-state index contributed by atoms with van der Waals surface area (Å²) < 4.78 is 41.3. The molecule has 0 saturated carbocycles. The van der Waals surface area contributed by atoms with Crippen LogP contribution in [0, 0.1) is 0 Å². The van der Waals surface area contributed by atoms with Crippen molar-refractivity contribution in [3.05, 3.63) is 44.6 Å². The van der Waals surface area contributed by atoms with Gasteiger partial charge in [0, 0.05) is 75.7 Å². The minimum atomic E-state index is -4.74. The van der Waals surface area contributed by atoms with E-state index in [1.165, 1.54) is 6.07 Å². The molecule has 256 valence electrons. The van der Waals surface area contributed by atoms with Crippen LogP contribution in [0.25, 0.3) is 0 Å². The zero-order valence-electron chi connectivity index (χ0n) is 26.0. The number of anilines is 2. The molecule has 3 fully saturated rings. The Morgan fingerprint density at radius 2 is 1.68 bits per heavy atom. The number of carbonyl (C=O) groups is 3. The van der Waals surface area contributed by atoms with Crippen LogP contribution in [-0.4, -0.2) is 108 Å². The number of alkyl halides is 3. The predicted octanol–water partition coefficient (Wildman–Crippen LogP) is 4.03. The number of piperidine rings is 2. The number of hydrogen-bond donors (Lipinski definition) is 4. The van der Waals surface area contributed by atoms with E-state index in [0.717, 1.165) is 55.7 Å². The van der Waals surface area contributed by atoms with E-state index in [0.29, 0.717) is 51.6 Å². The van der Waals surface area contributed by atoms with Crippen molar-refractivity contribution in [2.24, 2.45) is 0 Å². The Hall–Kier alpha value is -3.27. The highest BCUT2D eigenvalue weighted by atomic mass is 35.5. The maximum Gasteiger partial charge on any atom is 0.418 e. The first-order valence-electron chi connectivity index (χ1n) is 16.1. The van der Waals surface area contributed by atoms with Crippen molar-refractivity contribution in [3.8, 4) is 0 Å². The second-order valence-electron chi connectivity index (χ2n) is 12.6. The van der Waals surface area contributed by atoms with Gasteiger partial charge in [-0.25, -0.2) is 9.59 Å². The molecule has 5 N–H and O–H groups in total. The molecule has 4 aliphatic heterocycles. The first-order valence-corrected chi connectivity index (χ1v) is 17.3. The average molecular weight is 697 g/mol. The number of thiophene rings is 1. The van der Waals surface area contributed by atoms with E-state index in [-0.39, 0.29) is 35.0 Å². The van der Waals surface area contributed by atoms with Crippen LogP contribution in [0.3, 0.4) is 0 Å². The maximum atomic E-state index is 13.9. The Morgan fingerprint density at radius 3 is 2.36 bits per heavy atom. The minimum Gasteiger partial charge on any atom is -0.397 e. The summed E-state index contributed by atoms with van der Waals surface area (Å²) in [7, 11) is 0. The summed E-state index contributed by atoms with van der Waals surface area (Å²) in [5.74, 6) is -0.342. The number of halogens is 4. The molecule has 0 spiro atoms. The summed E-state index contributed by atoms with van der Waals surface area (Å²) in [5, 5.41) is 10.8. The predicted molar refractivity (Wildman–Crippen MR) is 174 cm³/mol. The van der Waals surface area contributed by atoms with Crippen LogP contribution in [0.1, 0.15) is 41.7 Å². The van der Waals surface area contributed by atoms with E-state index in [2.05, 4.69) is 20.9 Å². The Kier molecular flexibility index (Phi) is 10.1. The van der Waals surface area contributed by atoms with Crippen molar-refractivity contribution in [2.75, 3.05) is 63.4 Å². The van der Waals surface area contributed by atoms with Gasteiger partial charge in [0.05, 0.1) is 28.5 Å². The van der Waals surface area contributed by atoms with Crippen LogP contribution in [0.5, 0.6) is 0 Å². The molecule has 4 aliphatic rings. The number of hydrogen-bond acceptors (Lipinski definition) is 7. The Balaban J connectivity index is 1.13. The van der Waals surface area contributed by atoms with E-state index in [1.807, 2.05) is 11.4 Å². The summed E-state index contributed by atoms with van der Waals surface area (Å²) >= 11 is 7.69. The highest BCUT2D eigenvalue weighted by molar-refractivity contribution is 7.10. The molecule has 3 saturated heterocycles. The van der Waals surface area contributed by atoms with E-state index in [9.17, 15) is 27.6 Å². The number of nitrogens with one attached hydrogen (secondary N) is 3. The van der Waals surface area contributed by atoms with E-state index in [1.54, 1.807) is 26.0 Å². The summed E-state index contributed by atoms with van der Waals surface area (Å²) in [6, 6.07) is 2.67. The lowest BCUT2D eigenvalue weighted by atomic mass is 9.98. The van der Waals surface area contributed by atoms with E-state index < -0.39 is 29.5 Å². The van der Waals surface area contributed by atoms with Crippen LogP contribution in [0.15, 0.2) is 23.6 Å². The molecular formula is C31H40ClF3N8O3S. The van der Waals surface area contributed by atoms with Crippen molar-refractivity contribution < 1.29 is 27.6 Å².